The van der Waals surface area contributed by atoms with Crippen LogP contribution in [0.15, 0.2) is 60.7 Å². The van der Waals surface area contributed by atoms with Gasteiger partial charge in [0.05, 0.1) is 13.0 Å². The van der Waals surface area contributed by atoms with Gasteiger partial charge in [-0.2, -0.15) is 0 Å². The zero-order valence-electron chi connectivity index (χ0n) is 15.0. The molecule has 4 nitrogen and oxygen atoms in total. The van der Waals surface area contributed by atoms with Gasteiger partial charge < -0.3 is 10.6 Å². The van der Waals surface area contributed by atoms with Crippen LogP contribution in [-0.2, 0) is 16.0 Å². The smallest absolute Gasteiger partial charge is 0.243 e. The first-order valence-electron chi connectivity index (χ1n) is 8.63. The number of nitrogens with one attached hydrogen (secondary N) is 2. The van der Waals surface area contributed by atoms with Crippen LogP contribution in [0, 0.1) is 13.8 Å². The molecule has 26 heavy (non-hydrogen) atoms. The molecule has 0 aliphatic heterocycles. The van der Waals surface area contributed by atoms with Crippen LogP contribution >= 0.6 is 0 Å². The van der Waals surface area contributed by atoms with E-state index in [1.807, 2.05) is 74.5 Å². The van der Waals surface area contributed by atoms with Gasteiger partial charge in [0.25, 0.3) is 0 Å². The lowest BCUT2D eigenvalue weighted by Gasteiger charge is -2.11. The fraction of sp³-hybridized carbons (Fsp3) is 0.182. The average molecular weight is 346 g/mol. The summed E-state index contributed by atoms with van der Waals surface area (Å²) < 4.78 is 0. The molecule has 0 heterocycles. The topological polar surface area (TPSA) is 58.2 Å². The fourth-order valence-electron chi connectivity index (χ4n) is 2.86. The Labute approximate surface area is 153 Å². The van der Waals surface area contributed by atoms with Crippen LogP contribution in [-0.4, -0.2) is 18.4 Å². The summed E-state index contributed by atoms with van der Waals surface area (Å²) in [5, 5.41) is 7.77. The van der Waals surface area contributed by atoms with Gasteiger partial charge in [-0.1, -0.05) is 54.6 Å². The van der Waals surface area contributed by atoms with E-state index in [-0.39, 0.29) is 24.8 Å². The summed E-state index contributed by atoms with van der Waals surface area (Å²) in [5.41, 5.74) is 3.85. The van der Waals surface area contributed by atoms with Gasteiger partial charge in [0, 0.05) is 5.69 Å². The molecule has 0 aliphatic carbocycles. The largest absolute Gasteiger partial charge is 0.347 e. The van der Waals surface area contributed by atoms with Gasteiger partial charge in [0.2, 0.25) is 11.8 Å². The van der Waals surface area contributed by atoms with Gasteiger partial charge in [-0.05, 0) is 47.4 Å². The van der Waals surface area contributed by atoms with Crippen molar-refractivity contribution in [2.45, 2.75) is 20.3 Å². The van der Waals surface area contributed by atoms with Crippen LogP contribution < -0.4 is 10.6 Å². The normalized spacial score (nSPS) is 10.5. The second kappa shape index (κ2) is 7.83. The summed E-state index contributed by atoms with van der Waals surface area (Å²) >= 11 is 0. The molecule has 0 radical (unpaired) electrons. The second-order valence-electron chi connectivity index (χ2n) is 6.43. The minimum atomic E-state index is -0.231. The highest BCUT2D eigenvalue weighted by Gasteiger charge is 2.09. The molecule has 2 amide bonds. The number of fused-ring (bicyclic) bond motifs is 1. The molecule has 0 bridgehead atoms. The summed E-state index contributed by atoms with van der Waals surface area (Å²) in [6.07, 6.45) is 0.252. The molecule has 0 spiro atoms. The van der Waals surface area contributed by atoms with Gasteiger partial charge in [-0.15, -0.1) is 0 Å². The first-order valence-corrected chi connectivity index (χ1v) is 8.63. The van der Waals surface area contributed by atoms with Crippen molar-refractivity contribution in [1.29, 1.82) is 0 Å². The molecule has 3 aromatic rings. The molecule has 0 saturated heterocycles. The number of carbonyl (C=O) groups is 2. The molecule has 3 aromatic carbocycles. The number of amides is 2. The standard InChI is InChI=1S/C22H22N2O2/c1-15-6-5-9-20(16(15)2)24-22(26)14-23-21(25)13-17-10-11-18-7-3-4-8-19(18)12-17/h3-12H,13-14H2,1-2H3,(H,23,25)(H,24,26). The van der Waals surface area contributed by atoms with Crippen molar-refractivity contribution >= 4 is 28.3 Å². The van der Waals surface area contributed by atoms with Crippen molar-refractivity contribution in [3.8, 4) is 0 Å². The Morgan fingerprint density at radius 1 is 0.846 bits per heavy atom. The number of rotatable bonds is 5. The molecule has 0 saturated carbocycles. The minimum Gasteiger partial charge on any atom is -0.347 e. The Balaban J connectivity index is 1.54. The lowest BCUT2D eigenvalue weighted by Crippen LogP contribution is -2.33. The molecule has 0 unspecified atom stereocenters. The molecule has 0 aliphatic rings. The van der Waals surface area contributed by atoms with E-state index in [1.54, 1.807) is 0 Å². The molecule has 0 fully saturated rings. The first-order chi connectivity index (χ1) is 12.5. The van der Waals surface area contributed by atoms with E-state index in [0.717, 1.165) is 33.2 Å². The predicted molar refractivity (Wildman–Crippen MR) is 105 cm³/mol. The predicted octanol–water partition coefficient (Wildman–Crippen LogP) is 3.75. The van der Waals surface area contributed by atoms with Crippen molar-refractivity contribution in [3.05, 3.63) is 77.4 Å². The zero-order valence-corrected chi connectivity index (χ0v) is 15.0. The Bertz CT molecular complexity index is 963. The Hall–Kier alpha value is -3.14. The second-order valence-corrected chi connectivity index (χ2v) is 6.43. The highest BCUT2D eigenvalue weighted by atomic mass is 16.2. The van der Waals surface area contributed by atoms with Crippen molar-refractivity contribution in [3.63, 3.8) is 0 Å². The molecule has 2 N–H and O–H groups in total. The minimum absolute atomic E-state index is 0.0419. The van der Waals surface area contributed by atoms with Gasteiger partial charge in [0.15, 0.2) is 0 Å². The van der Waals surface area contributed by atoms with E-state index < -0.39 is 0 Å². The lowest BCUT2D eigenvalue weighted by atomic mass is 10.0. The van der Waals surface area contributed by atoms with E-state index in [9.17, 15) is 9.59 Å². The Kier molecular flexibility index (Phi) is 5.32. The van der Waals surface area contributed by atoms with Gasteiger partial charge in [-0.3, -0.25) is 9.59 Å². The molecule has 132 valence electrons. The van der Waals surface area contributed by atoms with E-state index in [2.05, 4.69) is 10.6 Å². The average Bonchev–Trinajstić information content (AvgIpc) is 2.64. The van der Waals surface area contributed by atoms with Crippen LogP contribution in [0.25, 0.3) is 10.8 Å². The molecule has 0 aromatic heterocycles. The number of carbonyl (C=O) groups excluding carboxylic acids is 2. The van der Waals surface area contributed by atoms with Crippen LogP contribution in [0.5, 0.6) is 0 Å². The fourth-order valence-corrected chi connectivity index (χ4v) is 2.86. The van der Waals surface area contributed by atoms with Crippen molar-refractivity contribution in [1.82, 2.24) is 5.32 Å². The van der Waals surface area contributed by atoms with Gasteiger partial charge in [0.1, 0.15) is 0 Å². The van der Waals surface area contributed by atoms with E-state index in [1.165, 1.54) is 0 Å². The third-order valence-electron chi connectivity index (χ3n) is 4.50. The van der Waals surface area contributed by atoms with Gasteiger partial charge in [-0.25, -0.2) is 0 Å². The van der Waals surface area contributed by atoms with Crippen molar-refractivity contribution < 1.29 is 9.59 Å². The van der Waals surface area contributed by atoms with Crippen LogP contribution in [0.4, 0.5) is 5.69 Å². The maximum Gasteiger partial charge on any atom is 0.243 e. The monoisotopic (exact) mass is 346 g/mol. The number of aryl methyl sites for hydroxylation is 1. The van der Waals surface area contributed by atoms with Crippen LogP contribution in [0.1, 0.15) is 16.7 Å². The number of anilines is 1. The third kappa shape index (κ3) is 4.28. The van der Waals surface area contributed by atoms with E-state index in [4.69, 9.17) is 0 Å². The van der Waals surface area contributed by atoms with E-state index in [0.29, 0.717) is 0 Å². The molecule has 4 heteroatoms. The first kappa shape index (κ1) is 17.7. The maximum atomic E-state index is 12.1. The Morgan fingerprint density at radius 2 is 1.62 bits per heavy atom. The SMILES string of the molecule is Cc1cccc(NC(=O)CNC(=O)Cc2ccc3ccccc3c2)c1C. The summed E-state index contributed by atoms with van der Waals surface area (Å²) in [7, 11) is 0. The van der Waals surface area contributed by atoms with E-state index >= 15 is 0 Å². The zero-order chi connectivity index (χ0) is 18.5. The number of hydrogen-bond acceptors (Lipinski definition) is 2. The highest BCUT2D eigenvalue weighted by Crippen LogP contribution is 2.18. The summed E-state index contributed by atoms with van der Waals surface area (Å²) in [5.74, 6) is -0.401. The molecular formula is C22H22N2O2. The summed E-state index contributed by atoms with van der Waals surface area (Å²) in [6.45, 7) is 3.92. The third-order valence-corrected chi connectivity index (χ3v) is 4.50. The van der Waals surface area contributed by atoms with Crippen molar-refractivity contribution in [2.24, 2.45) is 0 Å². The number of hydrogen-bond donors (Lipinski definition) is 2. The lowest BCUT2D eigenvalue weighted by molar-refractivity contribution is -0.123. The summed E-state index contributed by atoms with van der Waals surface area (Å²) in [4.78, 5) is 24.2. The quantitative estimate of drug-likeness (QED) is 0.739. The van der Waals surface area contributed by atoms with Crippen molar-refractivity contribution in [2.75, 3.05) is 11.9 Å². The Morgan fingerprint density at radius 3 is 2.42 bits per heavy atom. The van der Waals surface area contributed by atoms with Crippen LogP contribution in [0.2, 0.25) is 0 Å². The molecular weight excluding hydrogens is 324 g/mol. The number of benzene rings is 3. The van der Waals surface area contributed by atoms with Gasteiger partial charge >= 0.3 is 0 Å². The van der Waals surface area contributed by atoms with Crippen LogP contribution in [0.3, 0.4) is 0 Å². The summed E-state index contributed by atoms with van der Waals surface area (Å²) in [6, 6.07) is 19.7. The highest BCUT2D eigenvalue weighted by molar-refractivity contribution is 5.95. The molecule has 3 rings (SSSR count). The maximum absolute atomic E-state index is 12.1. The molecule has 0 atom stereocenters.